The Kier molecular flexibility index (Phi) is 5.52. The topological polar surface area (TPSA) is 71.7 Å². The van der Waals surface area contributed by atoms with Gasteiger partial charge in [-0.05, 0) is 48.9 Å². The molecule has 0 radical (unpaired) electrons. The molecule has 1 amide bonds. The van der Waals surface area contributed by atoms with Crippen LogP contribution in [0, 0.1) is 19.3 Å². The fourth-order valence-electron chi connectivity index (χ4n) is 2.64. The van der Waals surface area contributed by atoms with Gasteiger partial charge in [0.1, 0.15) is 0 Å². The van der Waals surface area contributed by atoms with Crippen molar-refractivity contribution in [3.8, 4) is 12.3 Å². The average Bonchev–Trinajstić information content (AvgIpc) is 2.98. The number of sulfonamides is 1. The van der Waals surface area contributed by atoms with E-state index in [1.165, 1.54) is 49.7 Å². The number of amides is 1. The first-order valence-corrected chi connectivity index (χ1v) is 10.6. The van der Waals surface area contributed by atoms with Crippen molar-refractivity contribution in [2.45, 2.75) is 18.4 Å². The molecule has 2 aromatic carbocycles. The van der Waals surface area contributed by atoms with Crippen LogP contribution in [-0.4, -0.2) is 37.3 Å². The molecular weight excluding hydrogens is 394 g/mol. The number of hydrogen-bond donors (Lipinski definition) is 0. The number of aryl methyl sites for hydroxylation is 1. The van der Waals surface area contributed by atoms with E-state index in [0.717, 1.165) is 20.1 Å². The van der Waals surface area contributed by atoms with Crippen molar-refractivity contribution in [3.63, 3.8) is 0 Å². The van der Waals surface area contributed by atoms with E-state index in [4.69, 9.17) is 6.42 Å². The summed E-state index contributed by atoms with van der Waals surface area (Å²) in [6, 6.07) is 11.7. The Morgan fingerprint density at radius 2 is 1.89 bits per heavy atom. The van der Waals surface area contributed by atoms with Crippen molar-refractivity contribution in [1.82, 2.24) is 8.87 Å². The second kappa shape index (κ2) is 7.72. The summed E-state index contributed by atoms with van der Waals surface area (Å²) >= 11 is 1.39. The van der Waals surface area contributed by atoms with Crippen molar-refractivity contribution >= 4 is 37.5 Å². The summed E-state index contributed by atoms with van der Waals surface area (Å²) in [6.07, 6.45) is 5.48. The number of carbonyl (C=O) groups is 1. The minimum atomic E-state index is -3.55. The number of fused-ring (bicyclic) bond motifs is 1. The van der Waals surface area contributed by atoms with Gasteiger partial charge in [0.15, 0.2) is 4.80 Å². The van der Waals surface area contributed by atoms with Crippen molar-refractivity contribution in [2.75, 3.05) is 14.1 Å². The van der Waals surface area contributed by atoms with Crippen LogP contribution in [0.15, 0.2) is 52.4 Å². The summed E-state index contributed by atoms with van der Waals surface area (Å²) in [4.78, 5) is 17.5. The van der Waals surface area contributed by atoms with Crippen LogP contribution in [0.5, 0.6) is 0 Å². The number of carbonyl (C=O) groups excluding carboxylic acids is 1. The Morgan fingerprint density at radius 1 is 1.21 bits per heavy atom. The van der Waals surface area contributed by atoms with Gasteiger partial charge in [-0.3, -0.25) is 4.79 Å². The lowest BCUT2D eigenvalue weighted by Crippen LogP contribution is -2.22. The summed E-state index contributed by atoms with van der Waals surface area (Å²) in [7, 11) is -0.636. The van der Waals surface area contributed by atoms with Gasteiger partial charge in [-0.15, -0.1) is 6.42 Å². The molecule has 3 aromatic rings. The highest BCUT2D eigenvalue weighted by molar-refractivity contribution is 7.89. The van der Waals surface area contributed by atoms with Gasteiger partial charge in [0.2, 0.25) is 10.0 Å². The maximum atomic E-state index is 12.6. The van der Waals surface area contributed by atoms with E-state index in [-0.39, 0.29) is 4.90 Å². The zero-order valence-corrected chi connectivity index (χ0v) is 17.3. The van der Waals surface area contributed by atoms with Gasteiger partial charge in [-0.25, -0.2) is 12.7 Å². The van der Waals surface area contributed by atoms with Crippen LogP contribution < -0.4 is 4.80 Å². The first-order valence-electron chi connectivity index (χ1n) is 8.39. The Hall–Kier alpha value is -2.73. The molecule has 0 saturated heterocycles. The highest BCUT2D eigenvalue weighted by atomic mass is 32.2. The molecule has 0 spiro atoms. The number of hydrogen-bond acceptors (Lipinski definition) is 4. The molecule has 6 nitrogen and oxygen atoms in total. The molecule has 0 aliphatic rings. The molecule has 1 aromatic heterocycles. The maximum Gasteiger partial charge on any atom is 0.279 e. The van der Waals surface area contributed by atoms with Crippen molar-refractivity contribution in [3.05, 3.63) is 58.4 Å². The molecular formula is C20H19N3O3S2. The van der Waals surface area contributed by atoms with E-state index in [9.17, 15) is 13.2 Å². The Balaban J connectivity index is 2.03. The average molecular weight is 414 g/mol. The lowest BCUT2D eigenvalue weighted by atomic mass is 10.2. The molecule has 3 rings (SSSR count). The minimum Gasteiger partial charge on any atom is -0.305 e. The zero-order chi connectivity index (χ0) is 20.5. The van der Waals surface area contributed by atoms with Crippen molar-refractivity contribution in [2.24, 2.45) is 4.99 Å². The lowest BCUT2D eigenvalue weighted by Gasteiger charge is -2.11. The van der Waals surface area contributed by atoms with Gasteiger partial charge in [-0.2, -0.15) is 4.99 Å². The first kappa shape index (κ1) is 20.0. The molecule has 0 aliphatic heterocycles. The summed E-state index contributed by atoms with van der Waals surface area (Å²) in [5.74, 6) is 2.14. The zero-order valence-electron chi connectivity index (χ0n) is 15.7. The van der Waals surface area contributed by atoms with Crippen LogP contribution in [0.3, 0.4) is 0 Å². The van der Waals surface area contributed by atoms with E-state index in [0.29, 0.717) is 16.9 Å². The molecule has 8 heteroatoms. The van der Waals surface area contributed by atoms with E-state index < -0.39 is 15.9 Å². The highest BCUT2D eigenvalue weighted by Crippen LogP contribution is 2.19. The molecule has 0 fully saturated rings. The number of terminal acetylenes is 1. The van der Waals surface area contributed by atoms with Crippen LogP contribution in [0.4, 0.5) is 0 Å². The number of rotatable bonds is 4. The largest absolute Gasteiger partial charge is 0.305 e. The second-order valence-electron chi connectivity index (χ2n) is 6.37. The van der Waals surface area contributed by atoms with Crippen LogP contribution >= 0.6 is 11.3 Å². The summed E-state index contributed by atoms with van der Waals surface area (Å²) in [6.45, 7) is 2.30. The fourth-order valence-corrected chi connectivity index (χ4v) is 4.67. The number of nitrogens with zero attached hydrogens (tertiary/aromatic N) is 3. The van der Waals surface area contributed by atoms with E-state index in [2.05, 4.69) is 10.9 Å². The van der Waals surface area contributed by atoms with Crippen molar-refractivity contribution < 1.29 is 13.2 Å². The third-order valence-corrected chi connectivity index (χ3v) is 7.04. The van der Waals surface area contributed by atoms with E-state index in [1.54, 1.807) is 0 Å². The lowest BCUT2D eigenvalue weighted by molar-refractivity contribution is 0.0998. The monoisotopic (exact) mass is 413 g/mol. The van der Waals surface area contributed by atoms with Gasteiger partial charge in [0.25, 0.3) is 5.91 Å². The summed E-state index contributed by atoms with van der Waals surface area (Å²) < 4.78 is 28.2. The smallest absolute Gasteiger partial charge is 0.279 e. The molecule has 0 bridgehead atoms. The molecule has 1 heterocycles. The van der Waals surface area contributed by atoms with E-state index >= 15 is 0 Å². The predicted octanol–water partition coefficient (Wildman–Crippen LogP) is 2.64. The van der Waals surface area contributed by atoms with Crippen LogP contribution in [0.1, 0.15) is 15.9 Å². The Morgan fingerprint density at radius 3 is 2.50 bits per heavy atom. The molecule has 0 saturated carbocycles. The second-order valence-corrected chi connectivity index (χ2v) is 9.54. The highest BCUT2D eigenvalue weighted by Gasteiger charge is 2.17. The fraction of sp³-hybridized carbons (Fsp3) is 0.200. The van der Waals surface area contributed by atoms with E-state index in [1.807, 2.05) is 29.7 Å². The summed E-state index contributed by atoms with van der Waals surface area (Å²) in [5.41, 5.74) is 2.34. The Bertz CT molecular complexity index is 1260. The SMILES string of the molecule is C#CCn1c(=NC(=O)c2ccc(S(=O)(=O)N(C)C)cc2)sc2cc(C)ccc21. The van der Waals surface area contributed by atoms with Gasteiger partial charge < -0.3 is 4.57 Å². The third-order valence-electron chi connectivity index (χ3n) is 4.16. The molecule has 144 valence electrons. The first-order chi connectivity index (χ1) is 13.2. The van der Waals surface area contributed by atoms with Crippen molar-refractivity contribution in [1.29, 1.82) is 0 Å². The molecule has 0 atom stereocenters. The standard InChI is InChI=1S/C20H19N3O3S2/c1-5-12-23-17-11-6-14(2)13-18(17)27-20(23)21-19(24)15-7-9-16(10-8-15)28(25,26)22(3)4/h1,6-11,13H,12H2,2-4H3. The van der Waals surface area contributed by atoms with Crippen LogP contribution in [0.2, 0.25) is 0 Å². The Labute approximate surface area is 167 Å². The van der Waals surface area contributed by atoms with Crippen LogP contribution in [-0.2, 0) is 16.6 Å². The van der Waals surface area contributed by atoms with Gasteiger partial charge in [0.05, 0.1) is 21.7 Å². The quantitative estimate of drug-likeness (QED) is 0.618. The maximum absolute atomic E-state index is 12.6. The number of benzene rings is 2. The summed E-state index contributed by atoms with van der Waals surface area (Å²) in [5, 5.41) is 0. The molecule has 0 unspecified atom stereocenters. The predicted molar refractivity (Wildman–Crippen MR) is 111 cm³/mol. The van der Waals surface area contributed by atoms with Gasteiger partial charge in [-0.1, -0.05) is 23.3 Å². The van der Waals surface area contributed by atoms with Crippen LogP contribution in [0.25, 0.3) is 10.2 Å². The van der Waals surface area contributed by atoms with Gasteiger partial charge >= 0.3 is 0 Å². The number of thiazole rings is 1. The molecule has 28 heavy (non-hydrogen) atoms. The third kappa shape index (κ3) is 3.78. The number of aromatic nitrogens is 1. The molecule has 0 N–H and O–H groups in total. The normalized spacial score (nSPS) is 12.5. The minimum absolute atomic E-state index is 0.119. The molecule has 0 aliphatic carbocycles. The van der Waals surface area contributed by atoms with Gasteiger partial charge in [0, 0.05) is 19.7 Å².